The van der Waals surface area contributed by atoms with E-state index in [4.69, 9.17) is 5.11 Å². The van der Waals surface area contributed by atoms with Gasteiger partial charge in [0.15, 0.2) is 0 Å². The van der Waals surface area contributed by atoms with Crippen molar-refractivity contribution in [3.05, 3.63) is 65.2 Å². The van der Waals surface area contributed by atoms with E-state index in [0.29, 0.717) is 11.1 Å². The molecule has 6 heteroatoms. The summed E-state index contributed by atoms with van der Waals surface area (Å²) >= 11 is 0. The topological polar surface area (TPSA) is 46.5 Å². The molecule has 2 aromatic carbocycles. The molecule has 22 heavy (non-hydrogen) atoms. The van der Waals surface area contributed by atoms with Crippen LogP contribution in [0.4, 0.5) is 13.2 Å². The maximum absolute atomic E-state index is 12.1. The van der Waals surface area contributed by atoms with Crippen LogP contribution in [0.25, 0.3) is 12.2 Å². The average Bonchev–Trinajstić information content (AvgIpc) is 2.44. The maximum Gasteiger partial charge on any atom is 0.573 e. The Kier molecular flexibility index (Phi) is 4.50. The third-order valence-electron chi connectivity index (χ3n) is 2.69. The van der Waals surface area contributed by atoms with Gasteiger partial charge in [-0.25, -0.2) is 4.79 Å². The van der Waals surface area contributed by atoms with Crippen molar-refractivity contribution in [3.63, 3.8) is 0 Å². The number of hydrogen-bond donors (Lipinski definition) is 1. The normalized spacial score (nSPS) is 11.6. The third kappa shape index (κ3) is 4.66. The highest BCUT2D eigenvalue weighted by Gasteiger charge is 2.30. The second kappa shape index (κ2) is 6.34. The van der Waals surface area contributed by atoms with Gasteiger partial charge >= 0.3 is 12.3 Å². The van der Waals surface area contributed by atoms with Crippen molar-refractivity contribution in [3.8, 4) is 5.75 Å². The van der Waals surface area contributed by atoms with Crippen molar-refractivity contribution in [2.24, 2.45) is 0 Å². The molecular formula is C16H11F3O3. The average molecular weight is 308 g/mol. The lowest BCUT2D eigenvalue weighted by molar-refractivity contribution is -0.274. The predicted octanol–water partition coefficient (Wildman–Crippen LogP) is 4.45. The van der Waals surface area contributed by atoms with Gasteiger partial charge in [0.2, 0.25) is 0 Å². The van der Waals surface area contributed by atoms with E-state index in [0.717, 1.165) is 0 Å². The molecule has 1 N–H and O–H groups in total. The lowest BCUT2D eigenvalue weighted by Crippen LogP contribution is -2.17. The van der Waals surface area contributed by atoms with Crippen LogP contribution in [0.2, 0.25) is 0 Å². The van der Waals surface area contributed by atoms with Gasteiger partial charge in [-0.1, -0.05) is 36.4 Å². The van der Waals surface area contributed by atoms with Crippen molar-refractivity contribution >= 4 is 18.1 Å². The van der Waals surface area contributed by atoms with Gasteiger partial charge in [-0.3, -0.25) is 0 Å². The minimum absolute atomic E-state index is 0.135. The molecule has 0 saturated heterocycles. The maximum atomic E-state index is 12.1. The summed E-state index contributed by atoms with van der Waals surface area (Å²) in [5.41, 5.74) is 1.26. The van der Waals surface area contributed by atoms with Gasteiger partial charge in [0.1, 0.15) is 5.75 Å². The Morgan fingerprint density at radius 1 is 1.00 bits per heavy atom. The van der Waals surface area contributed by atoms with Crippen molar-refractivity contribution in [1.82, 2.24) is 0 Å². The monoisotopic (exact) mass is 308 g/mol. The van der Waals surface area contributed by atoms with Crippen LogP contribution < -0.4 is 4.74 Å². The molecule has 114 valence electrons. The molecule has 0 saturated carbocycles. The van der Waals surface area contributed by atoms with Crippen LogP contribution in [0.1, 0.15) is 21.5 Å². The molecule has 0 spiro atoms. The van der Waals surface area contributed by atoms with Gasteiger partial charge in [0, 0.05) is 0 Å². The van der Waals surface area contributed by atoms with Crippen molar-refractivity contribution in [2.45, 2.75) is 6.36 Å². The summed E-state index contributed by atoms with van der Waals surface area (Å²) in [4.78, 5) is 10.9. The summed E-state index contributed by atoms with van der Waals surface area (Å²) < 4.78 is 40.3. The molecule has 0 aliphatic carbocycles. The number of ether oxygens (including phenoxy) is 1. The minimum Gasteiger partial charge on any atom is -0.478 e. The highest BCUT2D eigenvalue weighted by atomic mass is 19.4. The van der Waals surface area contributed by atoms with Crippen LogP contribution in [-0.2, 0) is 0 Å². The fourth-order valence-corrected chi connectivity index (χ4v) is 1.78. The number of halogens is 3. The van der Waals surface area contributed by atoms with Crippen molar-refractivity contribution < 1.29 is 27.8 Å². The van der Waals surface area contributed by atoms with E-state index in [2.05, 4.69) is 4.74 Å². The number of hydrogen-bond acceptors (Lipinski definition) is 2. The van der Waals surface area contributed by atoms with E-state index >= 15 is 0 Å². The summed E-state index contributed by atoms with van der Waals surface area (Å²) in [6.45, 7) is 0. The summed E-state index contributed by atoms with van der Waals surface area (Å²) in [7, 11) is 0. The predicted molar refractivity (Wildman–Crippen MR) is 75.5 cm³/mol. The zero-order chi connectivity index (χ0) is 16.2. The van der Waals surface area contributed by atoms with E-state index in [1.807, 2.05) is 0 Å². The fraction of sp³-hybridized carbons (Fsp3) is 0.0625. The smallest absolute Gasteiger partial charge is 0.478 e. The van der Waals surface area contributed by atoms with Gasteiger partial charge in [0.25, 0.3) is 0 Å². The molecule has 3 nitrogen and oxygen atoms in total. The molecule has 0 atom stereocenters. The quantitative estimate of drug-likeness (QED) is 0.849. The molecule has 0 fully saturated rings. The second-order valence-corrected chi connectivity index (χ2v) is 4.38. The number of carboxylic acid groups (broad SMARTS) is 1. The molecule has 0 unspecified atom stereocenters. The van der Waals surface area contributed by atoms with Gasteiger partial charge in [-0.05, 0) is 35.4 Å². The molecule has 0 radical (unpaired) electrons. The van der Waals surface area contributed by atoms with Gasteiger partial charge in [-0.15, -0.1) is 13.2 Å². The Morgan fingerprint density at radius 3 is 2.18 bits per heavy atom. The van der Waals surface area contributed by atoms with Crippen molar-refractivity contribution in [1.29, 1.82) is 0 Å². The van der Waals surface area contributed by atoms with Gasteiger partial charge in [-0.2, -0.15) is 0 Å². The molecule has 0 aliphatic heterocycles. The SMILES string of the molecule is O=C(O)c1cccc(C=Cc2cccc(OC(F)(F)F)c2)c1. The first kappa shape index (κ1) is 15.6. The number of rotatable bonds is 4. The zero-order valence-corrected chi connectivity index (χ0v) is 11.2. The van der Waals surface area contributed by atoms with Crippen molar-refractivity contribution in [2.75, 3.05) is 0 Å². The largest absolute Gasteiger partial charge is 0.573 e. The Hall–Kier alpha value is -2.76. The molecule has 2 aromatic rings. The number of benzene rings is 2. The highest BCUT2D eigenvalue weighted by Crippen LogP contribution is 2.24. The summed E-state index contributed by atoms with van der Waals surface area (Å²) in [6, 6.07) is 11.7. The van der Waals surface area contributed by atoms with Crippen LogP contribution in [0.3, 0.4) is 0 Å². The lowest BCUT2D eigenvalue weighted by atomic mass is 10.1. The Balaban J connectivity index is 2.18. The molecule has 0 aliphatic rings. The number of alkyl halides is 3. The summed E-state index contributed by atoms with van der Waals surface area (Å²) in [5, 5.41) is 8.89. The number of aromatic carboxylic acids is 1. The Morgan fingerprint density at radius 2 is 1.59 bits per heavy atom. The third-order valence-corrected chi connectivity index (χ3v) is 2.69. The Bertz CT molecular complexity index is 706. The van der Waals surface area contributed by atoms with E-state index in [9.17, 15) is 18.0 Å². The number of carboxylic acids is 1. The second-order valence-electron chi connectivity index (χ2n) is 4.38. The van der Waals surface area contributed by atoms with E-state index < -0.39 is 12.3 Å². The van der Waals surface area contributed by atoms with Crippen LogP contribution in [-0.4, -0.2) is 17.4 Å². The molecule has 0 bridgehead atoms. The van der Waals surface area contributed by atoms with Crippen LogP contribution in [0, 0.1) is 0 Å². The van der Waals surface area contributed by atoms with Crippen LogP contribution in [0.15, 0.2) is 48.5 Å². The summed E-state index contributed by atoms with van der Waals surface area (Å²) in [5.74, 6) is -1.36. The zero-order valence-electron chi connectivity index (χ0n) is 11.2. The first-order chi connectivity index (χ1) is 10.3. The van der Waals surface area contributed by atoms with Gasteiger partial charge in [0.05, 0.1) is 5.56 Å². The minimum atomic E-state index is -4.74. The first-order valence-corrected chi connectivity index (χ1v) is 6.21. The van der Waals surface area contributed by atoms with E-state index in [1.54, 1.807) is 30.4 Å². The van der Waals surface area contributed by atoms with E-state index in [1.165, 1.54) is 30.3 Å². The Labute approximate surface area is 124 Å². The summed E-state index contributed by atoms with van der Waals surface area (Å²) in [6.07, 6.45) is -1.55. The standard InChI is InChI=1S/C16H11F3O3/c17-16(18,19)22-14-6-2-4-12(10-14)8-7-11-3-1-5-13(9-11)15(20)21/h1-10H,(H,20,21). The van der Waals surface area contributed by atoms with E-state index in [-0.39, 0.29) is 11.3 Å². The van der Waals surface area contributed by atoms with Crippen LogP contribution in [0.5, 0.6) is 5.75 Å². The first-order valence-electron chi connectivity index (χ1n) is 6.21. The molecule has 2 rings (SSSR count). The van der Waals surface area contributed by atoms with Crippen LogP contribution >= 0.6 is 0 Å². The molecule has 0 heterocycles. The number of carbonyl (C=O) groups is 1. The van der Waals surface area contributed by atoms with Gasteiger partial charge < -0.3 is 9.84 Å². The highest BCUT2D eigenvalue weighted by molar-refractivity contribution is 5.88. The lowest BCUT2D eigenvalue weighted by Gasteiger charge is -2.08. The molecular weight excluding hydrogens is 297 g/mol. The molecule has 0 aromatic heterocycles. The molecule has 0 amide bonds. The fourth-order valence-electron chi connectivity index (χ4n) is 1.78.